The average molecular weight is 224 g/mol. The van der Waals surface area contributed by atoms with Crippen molar-refractivity contribution in [2.24, 2.45) is 0 Å². The van der Waals surface area contributed by atoms with Crippen LogP contribution in [-0.2, 0) is 6.54 Å². The van der Waals surface area contributed by atoms with Gasteiger partial charge in [0.25, 0.3) is 0 Å². The van der Waals surface area contributed by atoms with Crippen molar-refractivity contribution in [3.8, 4) is 0 Å². The third kappa shape index (κ3) is 2.90. The highest BCUT2D eigenvalue weighted by Crippen LogP contribution is 2.23. The Kier molecular flexibility index (Phi) is 4.65. The molecule has 1 rings (SSSR count). The van der Waals surface area contributed by atoms with Crippen molar-refractivity contribution < 1.29 is 0 Å². The lowest BCUT2D eigenvalue weighted by atomic mass is 10.1. The average Bonchev–Trinajstić information content (AvgIpc) is 2.54. The first kappa shape index (κ1) is 12.9. The van der Waals surface area contributed by atoms with Crippen LogP contribution < -0.4 is 11.1 Å². The van der Waals surface area contributed by atoms with E-state index in [-0.39, 0.29) is 0 Å². The summed E-state index contributed by atoms with van der Waals surface area (Å²) < 4.78 is 1.94. The fourth-order valence-corrected chi connectivity index (χ4v) is 1.79. The zero-order valence-electron chi connectivity index (χ0n) is 10.9. The zero-order valence-corrected chi connectivity index (χ0v) is 10.9. The molecule has 0 amide bonds. The van der Waals surface area contributed by atoms with Crippen LogP contribution in [0.1, 0.15) is 45.7 Å². The fraction of sp³-hybridized carbons (Fsp3) is 0.750. The summed E-state index contributed by atoms with van der Waals surface area (Å²) in [4.78, 5) is 0. The minimum Gasteiger partial charge on any atom is -0.394 e. The Labute approximate surface area is 98.2 Å². The van der Waals surface area contributed by atoms with E-state index in [1.165, 1.54) is 19.3 Å². The Bertz CT molecular complexity index is 330. The molecule has 92 valence electrons. The molecule has 1 atom stereocenters. The van der Waals surface area contributed by atoms with Crippen molar-refractivity contribution in [3.63, 3.8) is 0 Å². The predicted molar refractivity (Wildman–Crippen MR) is 69.7 cm³/mol. The number of anilines is 2. The number of nitrogens with zero attached hydrogens (tertiary/aromatic N) is 2. The SMILES string of the molecule is CCCCC(C)Nc1c(N)c(C)nn1CC. The number of nitrogen functional groups attached to an aromatic ring is 1. The first-order valence-electron chi connectivity index (χ1n) is 6.19. The molecule has 0 fully saturated rings. The minimum atomic E-state index is 0.448. The molecule has 1 aromatic heterocycles. The number of aromatic nitrogens is 2. The second-order valence-corrected chi connectivity index (χ2v) is 4.35. The van der Waals surface area contributed by atoms with Gasteiger partial charge >= 0.3 is 0 Å². The Morgan fingerprint density at radius 1 is 1.44 bits per heavy atom. The number of aryl methyl sites for hydroxylation is 2. The second-order valence-electron chi connectivity index (χ2n) is 4.35. The molecule has 0 saturated carbocycles. The number of nitrogens with two attached hydrogens (primary N) is 1. The third-order valence-corrected chi connectivity index (χ3v) is 2.85. The number of hydrogen-bond donors (Lipinski definition) is 2. The molecule has 1 unspecified atom stereocenters. The summed E-state index contributed by atoms with van der Waals surface area (Å²) in [6, 6.07) is 0.448. The lowest BCUT2D eigenvalue weighted by Gasteiger charge is -2.16. The molecule has 0 bridgehead atoms. The molecule has 0 radical (unpaired) electrons. The van der Waals surface area contributed by atoms with E-state index in [9.17, 15) is 0 Å². The highest BCUT2D eigenvalue weighted by molar-refractivity contribution is 5.65. The normalized spacial score (nSPS) is 12.8. The molecule has 1 aromatic rings. The molecule has 4 nitrogen and oxygen atoms in total. The van der Waals surface area contributed by atoms with E-state index in [4.69, 9.17) is 5.73 Å². The lowest BCUT2D eigenvalue weighted by molar-refractivity contribution is 0.617. The van der Waals surface area contributed by atoms with Crippen LogP contribution in [0.15, 0.2) is 0 Å². The molecule has 1 heterocycles. The molecule has 16 heavy (non-hydrogen) atoms. The maximum atomic E-state index is 6.01. The summed E-state index contributed by atoms with van der Waals surface area (Å²) in [6.45, 7) is 9.27. The summed E-state index contributed by atoms with van der Waals surface area (Å²) in [5, 5.41) is 7.85. The van der Waals surface area contributed by atoms with E-state index >= 15 is 0 Å². The predicted octanol–water partition coefficient (Wildman–Crippen LogP) is 2.78. The van der Waals surface area contributed by atoms with Gasteiger partial charge in [-0.15, -0.1) is 0 Å². The molecule has 0 saturated heterocycles. The Hall–Kier alpha value is -1.19. The Morgan fingerprint density at radius 3 is 2.69 bits per heavy atom. The van der Waals surface area contributed by atoms with Crippen LogP contribution in [0.3, 0.4) is 0 Å². The summed E-state index contributed by atoms with van der Waals surface area (Å²) in [6.07, 6.45) is 3.64. The van der Waals surface area contributed by atoms with E-state index in [2.05, 4.69) is 31.2 Å². The summed E-state index contributed by atoms with van der Waals surface area (Å²) in [5.74, 6) is 0.976. The highest BCUT2D eigenvalue weighted by Gasteiger charge is 2.13. The monoisotopic (exact) mass is 224 g/mol. The van der Waals surface area contributed by atoms with Crippen LogP contribution in [0.2, 0.25) is 0 Å². The van der Waals surface area contributed by atoms with Crippen LogP contribution in [0.4, 0.5) is 11.5 Å². The van der Waals surface area contributed by atoms with Gasteiger partial charge in [-0.1, -0.05) is 19.8 Å². The summed E-state index contributed by atoms with van der Waals surface area (Å²) in [5.41, 5.74) is 7.70. The first-order chi connectivity index (χ1) is 7.60. The molecule has 3 N–H and O–H groups in total. The van der Waals surface area contributed by atoms with Crippen LogP contribution >= 0.6 is 0 Å². The third-order valence-electron chi connectivity index (χ3n) is 2.85. The van der Waals surface area contributed by atoms with E-state index in [0.717, 1.165) is 23.7 Å². The van der Waals surface area contributed by atoms with E-state index in [0.29, 0.717) is 6.04 Å². The first-order valence-corrected chi connectivity index (χ1v) is 6.19. The Morgan fingerprint density at radius 2 is 2.12 bits per heavy atom. The number of hydrogen-bond acceptors (Lipinski definition) is 3. The zero-order chi connectivity index (χ0) is 12.1. The molecule has 0 aliphatic heterocycles. The van der Waals surface area contributed by atoms with E-state index in [1.807, 2.05) is 11.6 Å². The molecule has 0 spiro atoms. The van der Waals surface area contributed by atoms with Gasteiger partial charge in [0.2, 0.25) is 0 Å². The second kappa shape index (κ2) is 5.77. The Balaban J connectivity index is 2.71. The van der Waals surface area contributed by atoms with Gasteiger partial charge in [0.05, 0.1) is 11.4 Å². The van der Waals surface area contributed by atoms with E-state index < -0.39 is 0 Å². The van der Waals surface area contributed by atoms with Crippen LogP contribution in [0, 0.1) is 6.92 Å². The van der Waals surface area contributed by atoms with Crippen LogP contribution in [0.25, 0.3) is 0 Å². The maximum Gasteiger partial charge on any atom is 0.148 e. The van der Waals surface area contributed by atoms with Crippen LogP contribution in [-0.4, -0.2) is 15.8 Å². The highest BCUT2D eigenvalue weighted by atomic mass is 15.3. The molecule has 0 aliphatic rings. The molecular formula is C12H24N4. The van der Waals surface area contributed by atoms with E-state index in [1.54, 1.807) is 0 Å². The fourth-order valence-electron chi connectivity index (χ4n) is 1.79. The number of nitrogens with one attached hydrogen (secondary N) is 1. The van der Waals surface area contributed by atoms with Gasteiger partial charge in [0, 0.05) is 12.6 Å². The molecule has 0 aliphatic carbocycles. The standard InChI is InChI=1S/C12H24N4/c1-5-7-8-9(3)14-12-11(13)10(4)15-16(12)6-2/h9,14H,5-8,13H2,1-4H3. The van der Waals surface area contributed by atoms with Gasteiger partial charge in [0.1, 0.15) is 5.82 Å². The van der Waals surface area contributed by atoms with Gasteiger partial charge in [-0.2, -0.15) is 5.10 Å². The van der Waals surface area contributed by atoms with Gasteiger partial charge in [-0.3, -0.25) is 0 Å². The van der Waals surface area contributed by atoms with Crippen molar-refractivity contribution in [2.75, 3.05) is 11.1 Å². The van der Waals surface area contributed by atoms with Crippen molar-refractivity contribution in [1.29, 1.82) is 0 Å². The topological polar surface area (TPSA) is 55.9 Å². The van der Waals surface area contributed by atoms with Gasteiger partial charge in [-0.25, -0.2) is 4.68 Å². The largest absolute Gasteiger partial charge is 0.394 e. The number of rotatable bonds is 6. The van der Waals surface area contributed by atoms with Crippen molar-refractivity contribution in [1.82, 2.24) is 9.78 Å². The minimum absolute atomic E-state index is 0.448. The van der Waals surface area contributed by atoms with Crippen molar-refractivity contribution >= 4 is 11.5 Å². The molecular weight excluding hydrogens is 200 g/mol. The van der Waals surface area contributed by atoms with Crippen molar-refractivity contribution in [3.05, 3.63) is 5.69 Å². The molecule has 4 heteroatoms. The molecule has 0 aromatic carbocycles. The summed E-state index contributed by atoms with van der Waals surface area (Å²) in [7, 11) is 0. The van der Waals surface area contributed by atoms with Gasteiger partial charge in [0.15, 0.2) is 0 Å². The van der Waals surface area contributed by atoms with Gasteiger partial charge in [-0.05, 0) is 27.2 Å². The number of unbranched alkanes of at least 4 members (excludes halogenated alkanes) is 1. The smallest absolute Gasteiger partial charge is 0.148 e. The lowest BCUT2D eigenvalue weighted by Crippen LogP contribution is -2.18. The van der Waals surface area contributed by atoms with Crippen molar-refractivity contribution in [2.45, 2.75) is 59.5 Å². The van der Waals surface area contributed by atoms with Gasteiger partial charge < -0.3 is 11.1 Å². The maximum absolute atomic E-state index is 6.01. The summed E-state index contributed by atoms with van der Waals surface area (Å²) >= 11 is 0. The quantitative estimate of drug-likeness (QED) is 0.781. The van der Waals surface area contributed by atoms with Crippen LogP contribution in [0.5, 0.6) is 0 Å².